The predicted molar refractivity (Wildman–Crippen MR) is 71.3 cm³/mol. The van der Waals surface area contributed by atoms with Crippen molar-refractivity contribution in [2.45, 2.75) is 45.2 Å². The lowest BCUT2D eigenvalue weighted by Crippen LogP contribution is -2.32. The molecule has 0 spiro atoms. The summed E-state index contributed by atoms with van der Waals surface area (Å²) < 4.78 is 5.42. The summed E-state index contributed by atoms with van der Waals surface area (Å²) in [6.07, 6.45) is 4.00. The first kappa shape index (κ1) is 12.4. The van der Waals surface area contributed by atoms with Gasteiger partial charge in [0.05, 0.1) is 7.11 Å². The van der Waals surface area contributed by atoms with Crippen LogP contribution in [0, 0.1) is 5.92 Å². The Labute approximate surface area is 104 Å². The van der Waals surface area contributed by atoms with Crippen LogP contribution in [0.15, 0.2) is 24.3 Å². The Balaban J connectivity index is 2.04. The molecule has 1 aliphatic rings. The summed E-state index contributed by atoms with van der Waals surface area (Å²) >= 11 is 0. The lowest BCUT2D eigenvalue weighted by atomic mass is 10.0. The van der Waals surface area contributed by atoms with Crippen LogP contribution in [0.2, 0.25) is 0 Å². The fourth-order valence-corrected chi connectivity index (χ4v) is 2.52. The van der Waals surface area contributed by atoms with Gasteiger partial charge in [0.25, 0.3) is 0 Å². The maximum absolute atomic E-state index is 5.42. The van der Waals surface area contributed by atoms with E-state index >= 15 is 0 Å². The topological polar surface area (TPSA) is 21.3 Å². The Morgan fingerprint density at radius 2 is 2.06 bits per heavy atom. The summed E-state index contributed by atoms with van der Waals surface area (Å²) in [6.45, 7) is 4.49. The van der Waals surface area contributed by atoms with Crippen molar-refractivity contribution in [3.63, 3.8) is 0 Å². The second kappa shape index (κ2) is 5.54. The number of methoxy groups -OCH3 is 1. The van der Waals surface area contributed by atoms with Crippen molar-refractivity contribution in [1.29, 1.82) is 0 Å². The number of nitrogens with one attached hydrogen (secondary N) is 1. The van der Waals surface area contributed by atoms with Crippen LogP contribution in [0.25, 0.3) is 0 Å². The van der Waals surface area contributed by atoms with Gasteiger partial charge in [0.15, 0.2) is 0 Å². The second-order valence-corrected chi connectivity index (χ2v) is 4.98. The van der Waals surface area contributed by atoms with Gasteiger partial charge in [0.2, 0.25) is 0 Å². The highest BCUT2D eigenvalue weighted by Crippen LogP contribution is 2.35. The van der Waals surface area contributed by atoms with Crippen LogP contribution in [-0.4, -0.2) is 13.2 Å². The molecule has 0 saturated heterocycles. The van der Waals surface area contributed by atoms with Gasteiger partial charge in [-0.15, -0.1) is 0 Å². The van der Waals surface area contributed by atoms with E-state index < -0.39 is 0 Å². The smallest absolute Gasteiger partial charge is 0.123 e. The molecular weight excluding hydrogens is 210 g/mol. The first-order valence-corrected chi connectivity index (χ1v) is 6.65. The molecule has 2 nitrogen and oxygen atoms in total. The van der Waals surface area contributed by atoms with Crippen LogP contribution in [0.1, 0.15) is 44.7 Å². The number of rotatable bonds is 6. The van der Waals surface area contributed by atoms with Crippen molar-refractivity contribution in [1.82, 2.24) is 5.32 Å². The van der Waals surface area contributed by atoms with Crippen molar-refractivity contribution >= 4 is 0 Å². The number of benzene rings is 1. The number of hydrogen-bond donors (Lipinski definition) is 1. The van der Waals surface area contributed by atoms with Crippen molar-refractivity contribution in [2.24, 2.45) is 5.92 Å². The van der Waals surface area contributed by atoms with Crippen LogP contribution in [0.3, 0.4) is 0 Å². The minimum Gasteiger partial charge on any atom is -0.496 e. The molecule has 0 amide bonds. The quantitative estimate of drug-likeness (QED) is 0.811. The van der Waals surface area contributed by atoms with Crippen LogP contribution in [-0.2, 0) is 0 Å². The standard InChI is InChI=1S/C15H23NO/c1-4-14(12-9-10-12)16-11(2)13-7-5-6-8-15(13)17-3/h5-8,11-12,14,16H,4,9-10H2,1-3H3/t11-,14?/m0/s1. The zero-order chi connectivity index (χ0) is 12.3. The SMILES string of the molecule is CCC(N[C@@H](C)c1ccccc1OC)C1CC1. The monoisotopic (exact) mass is 233 g/mol. The van der Waals surface area contributed by atoms with Gasteiger partial charge < -0.3 is 10.1 Å². The molecule has 0 heterocycles. The average molecular weight is 233 g/mol. The second-order valence-electron chi connectivity index (χ2n) is 4.98. The highest BCUT2D eigenvalue weighted by Gasteiger charge is 2.30. The Bertz CT molecular complexity index is 360. The molecule has 17 heavy (non-hydrogen) atoms. The minimum atomic E-state index is 0.358. The largest absolute Gasteiger partial charge is 0.496 e. The van der Waals surface area contributed by atoms with Crippen molar-refractivity contribution < 1.29 is 4.74 Å². The molecule has 1 unspecified atom stereocenters. The third-order valence-corrected chi connectivity index (χ3v) is 3.70. The molecule has 1 aromatic rings. The van der Waals surface area contributed by atoms with Gasteiger partial charge in [-0.05, 0) is 38.2 Å². The van der Waals surface area contributed by atoms with E-state index in [0.29, 0.717) is 12.1 Å². The van der Waals surface area contributed by atoms with Crippen LogP contribution < -0.4 is 10.1 Å². The molecule has 1 aromatic carbocycles. The lowest BCUT2D eigenvalue weighted by Gasteiger charge is -2.23. The Kier molecular flexibility index (Phi) is 4.06. The zero-order valence-electron chi connectivity index (χ0n) is 11.1. The van der Waals surface area contributed by atoms with E-state index in [2.05, 4.69) is 31.3 Å². The van der Waals surface area contributed by atoms with Gasteiger partial charge in [-0.1, -0.05) is 25.1 Å². The van der Waals surface area contributed by atoms with Gasteiger partial charge in [-0.2, -0.15) is 0 Å². The third kappa shape index (κ3) is 3.01. The fourth-order valence-electron chi connectivity index (χ4n) is 2.52. The van der Waals surface area contributed by atoms with Crippen molar-refractivity contribution in [3.8, 4) is 5.75 Å². The van der Waals surface area contributed by atoms with Crippen LogP contribution in [0.4, 0.5) is 0 Å². The summed E-state index contributed by atoms with van der Waals surface area (Å²) in [5, 5.41) is 3.74. The normalized spacial score (nSPS) is 18.8. The van der Waals surface area contributed by atoms with E-state index in [-0.39, 0.29) is 0 Å². The number of para-hydroxylation sites is 1. The minimum absolute atomic E-state index is 0.358. The predicted octanol–water partition coefficient (Wildman–Crippen LogP) is 3.53. The summed E-state index contributed by atoms with van der Waals surface area (Å²) in [5.74, 6) is 1.88. The third-order valence-electron chi connectivity index (χ3n) is 3.70. The van der Waals surface area contributed by atoms with E-state index in [0.717, 1.165) is 11.7 Å². The van der Waals surface area contributed by atoms with Gasteiger partial charge >= 0.3 is 0 Å². The Hall–Kier alpha value is -1.02. The van der Waals surface area contributed by atoms with Gasteiger partial charge in [-0.3, -0.25) is 0 Å². The first-order valence-electron chi connectivity index (χ1n) is 6.65. The molecule has 0 aromatic heterocycles. The molecule has 1 N–H and O–H groups in total. The van der Waals surface area contributed by atoms with E-state index in [9.17, 15) is 0 Å². The molecule has 0 aliphatic heterocycles. The first-order chi connectivity index (χ1) is 8.26. The molecule has 1 fully saturated rings. The summed E-state index contributed by atoms with van der Waals surface area (Å²) in [5.41, 5.74) is 1.26. The molecule has 2 rings (SSSR count). The fraction of sp³-hybridized carbons (Fsp3) is 0.600. The van der Waals surface area contributed by atoms with Crippen molar-refractivity contribution in [2.75, 3.05) is 7.11 Å². The van der Waals surface area contributed by atoms with E-state index in [4.69, 9.17) is 4.74 Å². The average Bonchev–Trinajstić information content (AvgIpc) is 3.19. The molecule has 2 heteroatoms. The number of ether oxygens (including phenoxy) is 1. The van der Waals surface area contributed by atoms with Gasteiger partial charge in [0, 0.05) is 17.6 Å². The molecule has 94 valence electrons. The lowest BCUT2D eigenvalue weighted by molar-refractivity contribution is 0.377. The van der Waals surface area contributed by atoms with Gasteiger partial charge in [0.1, 0.15) is 5.75 Å². The van der Waals surface area contributed by atoms with Crippen LogP contribution >= 0.6 is 0 Å². The number of hydrogen-bond acceptors (Lipinski definition) is 2. The summed E-state index contributed by atoms with van der Waals surface area (Å²) in [4.78, 5) is 0. The van der Waals surface area contributed by atoms with Crippen LogP contribution in [0.5, 0.6) is 5.75 Å². The molecule has 1 saturated carbocycles. The molecular formula is C15H23NO. The van der Waals surface area contributed by atoms with Crippen molar-refractivity contribution in [3.05, 3.63) is 29.8 Å². The zero-order valence-corrected chi connectivity index (χ0v) is 11.1. The Morgan fingerprint density at radius 3 is 2.65 bits per heavy atom. The summed E-state index contributed by atoms with van der Waals surface area (Å²) in [7, 11) is 1.74. The maximum atomic E-state index is 5.42. The molecule has 0 radical (unpaired) electrons. The summed E-state index contributed by atoms with van der Waals surface area (Å²) in [6, 6.07) is 9.30. The van der Waals surface area contributed by atoms with E-state index in [1.165, 1.54) is 24.8 Å². The molecule has 0 bridgehead atoms. The Morgan fingerprint density at radius 1 is 1.35 bits per heavy atom. The molecule has 2 atom stereocenters. The van der Waals surface area contributed by atoms with E-state index in [1.54, 1.807) is 7.11 Å². The highest BCUT2D eigenvalue weighted by molar-refractivity contribution is 5.35. The van der Waals surface area contributed by atoms with E-state index in [1.807, 2.05) is 12.1 Å². The highest BCUT2D eigenvalue weighted by atomic mass is 16.5. The maximum Gasteiger partial charge on any atom is 0.123 e. The molecule has 1 aliphatic carbocycles. The van der Waals surface area contributed by atoms with Gasteiger partial charge in [-0.25, -0.2) is 0 Å².